The van der Waals surface area contributed by atoms with Crippen LogP contribution in [-0.4, -0.2) is 43.3 Å². The third kappa shape index (κ3) is 11.8. The molecule has 0 rings (SSSR count). The molecule has 1 amide bonds. The lowest BCUT2D eigenvalue weighted by Gasteiger charge is -2.27. The molecule has 5 heteroatoms. The van der Waals surface area contributed by atoms with Gasteiger partial charge in [-0.3, -0.25) is 4.90 Å². The normalized spacial score (nSPS) is 12.1. The number of nitrogens with zero attached hydrogens (tertiary/aromatic N) is 1. The van der Waals surface area contributed by atoms with Crippen LogP contribution >= 0.6 is 0 Å². The molecule has 1 unspecified atom stereocenters. The molecular weight excluding hydrogens is 318 g/mol. The molecule has 0 aromatic carbocycles. The van der Waals surface area contributed by atoms with Crippen molar-refractivity contribution in [2.75, 3.05) is 20.3 Å². The number of unbranched alkanes of at least 4 members (excludes halogenated alkanes) is 6. The van der Waals surface area contributed by atoms with Gasteiger partial charge in [-0.05, 0) is 25.2 Å². The van der Waals surface area contributed by atoms with E-state index in [0.29, 0.717) is 19.6 Å². The fraction of sp³-hybridized carbons (Fsp3) is 0.900. The molecule has 0 spiro atoms. The number of carbonyl (C=O) groups is 2. The Balaban J connectivity index is 4.33. The van der Waals surface area contributed by atoms with E-state index in [0.717, 1.165) is 25.7 Å². The van der Waals surface area contributed by atoms with Crippen molar-refractivity contribution < 1.29 is 19.1 Å². The van der Waals surface area contributed by atoms with Crippen LogP contribution in [0.25, 0.3) is 0 Å². The minimum Gasteiger partial charge on any atom is -0.464 e. The summed E-state index contributed by atoms with van der Waals surface area (Å²) in [7, 11) is 1.62. The summed E-state index contributed by atoms with van der Waals surface area (Å²) in [5.41, 5.74) is 0. The highest BCUT2D eigenvalue weighted by Gasteiger charge is 2.29. The molecule has 0 bridgehead atoms. The highest BCUT2D eigenvalue weighted by Crippen LogP contribution is 2.14. The molecule has 0 heterocycles. The van der Waals surface area contributed by atoms with Crippen molar-refractivity contribution in [1.82, 2.24) is 4.90 Å². The number of carbonyl (C=O) groups excluding carboxylic acids is 2. The quantitative estimate of drug-likeness (QED) is 0.318. The minimum atomic E-state index is -0.575. The van der Waals surface area contributed by atoms with Gasteiger partial charge in [0.05, 0.1) is 13.2 Å². The highest BCUT2D eigenvalue weighted by atomic mass is 16.6. The van der Waals surface area contributed by atoms with Gasteiger partial charge in [0.2, 0.25) is 0 Å². The Morgan fingerprint density at radius 3 is 2.00 bits per heavy atom. The molecule has 0 N–H and O–H groups in total. The Bertz CT molecular complexity index is 358. The minimum absolute atomic E-state index is 0.289. The number of esters is 1. The van der Waals surface area contributed by atoms with E-state index in [1.165, 1.54) is 30.6 Å². The molecule has 1 atom stereocenters. The van der Waals surface area contributed by atoms with E-state index in [1.807, 2.05) is 20.8 Å². The molecule has 25 heavy (non-hydrogen) atoms. The highest BCUT2D eigenvalue weighted by molar-refractivity contribution is 5.81. The van der Waals surface area contributed by atoms with Crippen LogP contribution in [0.2, 0.25) is 0 Å². The van der Waals surface area contributed by atoms with Gasteiger partial charge < -0.3 is 9.47 Å². The molecule has 0 fully saturated rings. The van der Waals surface area contributed by atoms with Gasteiger partial charge >= 0.3 is 12.1 Å². The second-order valence-corrected chi connectivity index (χ2v) is 7.16. The molecular formula is C20H39NO4. The predicted octanol–water partition coefficient (Wildman–Crippen LogP) is 5.17. The zero-order valence-electron chi connectivity index (χ0n) is 17.0. The summed E-state index contributed by atoms with van der Waals surface area (Å²) < 4.78 is 10.6. The fourth-order valence-corrected chi connectivity index (χ4v) is 2.54. The Morgan fingerprint density at radius 2 is 1.40 bits per heavy atom. The predicted molar refractivity (Wildman–Crippen MR) is 102 cm³/mol. The number of hydrogen-bond donors (Lipinski definition) is 0. The Morgan fingerprint density at radius 1 is 0.840 bits per heavy atom. The average molecular weight is 358 g/mol. The molecule has 0 aromatic rings. The van der Waals surface area contributed by atoms with Gasteiger partial charge in [-0.25, -0.2) is 9.59 Å². The maximum atomic E-state index is 12.4. The standard InChI is InChI=1S/C20H39NO4/c1-6-8-10-11-12-13-15-24-19(22)18(16-17(3)4)21(5)20(23)25-14-9-7-2/h17-18H,6-16H2,1-5H3. The van der Waals surface area contributed by atoms with Gasteiger partial charge in [0.25, 0.3) is 0 Å². The molecule has 148 valence electrons. The largest absolute Gasteiger partial charge is 0.464 e. The number of likely N-dealkylation sites (N-methyl/N-ethyl adjacent to an activating group) is 1. The maximum Gasteiger partial charge on any atom is 0.410 e. The fourth-order valence-electron chi connectivity index (χ4n) is 2.54. The van der Waals surface area contributed by atoms with Crippen molar-refractivity contribution >= 4 is 12.1 Å². The summed E-state index contributed by atoms with van der Waals surface area (Å²) in [4.78, 5) is 25.9. The third-order valence-corrected chi connectivity index (χ3v) is 4.19. The van der Waals surface area contributed by atoms with Crippen molar-refractivity contribution in [3.8, 4) is 0 Å². The van der Waals surface area contributed by atoms with E-state index >= 15 is 0 Å². The van der Waals surface area contributed by atoms with Crippen LogP contribution < -0.4 is 0 Å². The smallest absolute Gasteiger partial charge is 0.410 e. The summed E-state index contributed by atoms with van der Waals surface area (Å²) in [5.74, 6) is -0.0327. The summed E-state index contributed by atoms with van der Waals surface area (Å²) in [6, 6.07) is -0.575. The van der Waals surface area contributed by atoms with Crippen LogP contribution in [0.15, 0.2) is 0 Å². The summed E-state index contributed by atoms with van der Waals surface area (Å²) in [6.45, 7) is 9.12. The molecule has 0 radical (unpaired) electrons. The lowest BCUT2D eigenvalue weighted by molar-refractivity contribution is -0.149. The van der Waals surface area contributed by atoms with E-state index in [1.54, 1.807) is 7.05 Å². The van der Waals surface area contributed by atoms with Gasteiger partial charge in [-0.1, -0.05) is 66.2 Å². The maximum absolute atomic E-state index is 12.4. The number of hydrogen-bond acceptors (Lipinski definition) is 4. The molecule has 5 nitrogen and oxygen atoms in total. The van der Waals surface area contributed by atoms with Crippen LogP contribution in [-0.2, 0) is 14.3 Å². The van der Waals surface area contributed by atoms with Crippen molar-refractivity contribution in [1.29, 1.82) is 0 Å². The lowest BCUT2D eigenvalue weighted by Crippen LogP contribution is -2.44. The first-order valence-corrected chi connectivity index (χ1v) is 10.00. The number of amides is 1. The van der Waals surface area contributed by atoms with Gasteiger partial charge in [0.1, 0.15) is 6.04 Å². The first-order chi connectivity index (χ1) is 11.9. The second kappa shape index (κ2) is 15.0. The van der Waals surface area contributed by atoms with Gasteiger partial charge in [-0.15, -0.1) is 0 Å². The van der Waals surface area contributed by atoms with Gasteiger partial charge in [-0.2, -0.15) is 0 Å². The number of rotatable bonds is 14. The Hall–Kier alpha value is -1.26. The van der Waals surface area contributed by atoms with E-state index in [-0.39, 0.29) is 11.9 Å². The SMILES string of the molecule is CCCCCCCCOC(=O)C(CC(C)C)N(C)C(=O)OCCCC. The Labute approximate surface area is 154 Å². The molecule has 0 aliphatic rings. The van der Waals surface area contributed by atoms with Crippen LogP contribution in [0.5, 0.6) is 0 Å². The molecule has 0 aliphatic carbocycles. The average Bonchev–Trinajstić information content (AvgIpc) is 2.58. The number of ether oxygens (including phenoxy) is 2. The molecule has 0 saturated heterocycles. The van der Waals surface area contributed by atoms with Crippen LogP contribution in [0.3, 0.4) is 0 Å². The zero-order chi connectivity index (χ0) is 19.1. The Kier molecular flexibility index (Phi) is 14.3. The van der Waals surface area contributed by atoms with Crippen molar-refractivity contribution in [3.63, 3.8) is 0 Å². The van der Waals surface area contributed by atoms with E-state index in [9.17, 15) is 9.59 Å². The second-order valence-electron chi connectivity index (χ2n) is 7.16. The topological polar surface area (TPSA) is 55.8 Å². The van der Waals surface area contributed by atoms with Gasteiger partial charge in [0, 0.05) is 7.05 Å². The molecule has 0 saturated carbocycles. The van der Waals surface area contributed by atoms with Crippen LogP contribution in [0.4, 0.5) is 4.79 Å². The van der Waals surface area contributed by atoms with Crippen molar-refractivity contribution in [3.05, 3.63) is 0 Å². The van der Waals surface area contributed by atoms with Crippen LogP contribution in [0, 0.1) is 5.92 Å². The summed E-state index contributed by atoms with van der Waals surface area (Å²) in [5, 5.41) is 0. The van der Waals surface area contributed by atoms with Crippen molar-refractivity contribution in [2.45, 2.75) is 91.5 Å². The summed E-state index contributed by atoms with van der Waals surface area (Å²) >= 11 is 0. The summed E-state index contributed by atoms with van der Waals surface area (Å²) in [6.07, 6.45) is 8.81. The first-order valence-electron chi connectivity index (χ1n) is 10.00. The van der Waals surface area contributed by atoms with Gasteiger partial charge in [0.15, 0.2) is 0 Å². The lowest BCUT2D eigenvalue weighted by atomic mass is 10.0. The van der Waals surface area contributed by atoms with Crippen molar-refractivity contribution in [2.24, 2.45) is 5.92 Å². The zero-order valence-corrected chi connectivity index (χ0v) is 17.0. The van der Waals surface area contributed by atoms with E-state index < -0.39 is 12.1 Å². The third-order valence-electron chi connectivity index (χ3n) is 4.19. The molecule has 0 aliphatic heterocycles. The molecule has 0 aromatic heterocycles. The van der Waals surface area contributed by atoms with E-state index in [4.69, 9.17) is 9.47 Å². The van der Waals surface area contributed by atoms with Crippen LogP contribution in [0.1, 0.15) is 85.5 Å². The van der Waals surface area contributed by atoms with E-state index in [2.05, 4.69) is 6.92 Å². The first kappa shape index (κ1) is 23.7. The monoisotopic (exact) mass is 357 g/mol.